The molecule has 0 saturated carbocycles. The number of anilines is 3. The van der Waals surface area contributed by atoms with Crippen molar-refractivity contribution in [3.8, 4) is 29.1 Å². The number of nitrogens with zero attached hydrogens (tertiary/aromatic N) is 6. The monoisotopic (exact) mass is 364 g/mol. The van der Waals surface area contributed by atoms with Crippen molar-refractivity contribution in [3.05, 3.63) is 42.5 Å². The lowest BCUT2D eigenvalue weighted by Gasteiger charge is -2.12. The van der Waals surface area contributed by atoms with Gasteiger partial charge in [-0.2, -0.15) is 20.6 Å². The Morgan fingerprint density at radius 3 is 2.89 bits per heavy atom. The minimum absolute atomic E-state index is 0.0663. The first-order chi connectivity index (χ1) is 13.1. The Kier molecular flexibility index (Phi) is 5.10. The molecule has 0 unspecified atom stereocenters. The van der Waals surface area contributed by atoms with Crippen LogP contribution in [0.3, 0.4) is 0 Å². The fourth-order valence-corrected chi connectivity index (χ4v) is 2.31. The van der Waals surface area contributed by atoms with E-state index in [1.807, 2.05) is 12.1 Å². The number of nitrogen functional groups attached to an aromatic ring is 1. The number of halogens is 1. The van der Waals surface area contributed by atoms with E-state index in [0.717, 1.165) is 6.20 Å². The predicted octanol–water partition coefficient (Wildman–Crippen LogP) is 2.23. The maximum absolute atomic E-state index is 13.9. The molecule has 2 heterocycles. The van der Waals surface area contributed by atoms with Crippen LogP contribution in [0, 0.1) is 28.5 Å². The van der Waals surface area contributed by atoms with Crippen LogP contribution in [0.4, 0.5) is 21.8 Å². The molecule has 0 aliphatic carbocycles. The zero-order valence-corrected chi connectivity index (χ0v) is 13.9. The highest BCUT2D eigenvalue weighted by Crippen LogP contribution is 2.33. The first-order valence-corrected chi connectivity index (χ1v) is 7.70. The maximum atomic E-state index is 13.9. The summed E-state index contributed by atoms with van der Waals surface area (Å²) in [6, 6.07) is 10.5. The van der Waals surface area contributed by atoms with Crippen molar-refractivity contribution < 1.29 is 9.13 Å². The zero-order valence-electron chi connectivity index (χ0n) is 13.9. The number of rotatable bonds is 6. The summed E-state index contributed by atoms with van der Waals surface area (Å²) < 4.78 is 20.8. The van der Waals surface area contributed by atoms with E-state index in [4.69, 9.17) is 21.0 Å². The third-order valence-corrected chi connectivity index (χ3v) is 3.45. The molecule has 27 heavy (non-hydrogen) atoms. The highest BCUT2D eigenvalue weighted by molar-refractivity contribution is 5.73. The van der Waals surface area contributed by atoms with Crippen molar-refractivity contribution in [2.45, 2.75) is 6.54 Å². The van der Waals surface area contributed by atoms with Crippen molar-refractivity contribution >= 4 is 17.5 Å². The van der Waals surface area contributed by atoms with E-state index >= 15 is 0 Å². The van der Waals surface area contributed by atoms with Gasteiger partial charge in [0.05, 0.1) is 18.0 Å². The molecule has 3 rings (SSSR count). The van der Waals surface area contributed by atoms with Gasteiger partial charge in [-0.15, -0.1) is 0 Å². The first-order valence-electron chi connectivity index (χ1n) is 7.70. The standard InChI is InChI=1S/C17H13FN8O/c18-13-10-22-17(21)24-16(13)23-11-1-2-15(27-8-5-20)12(9-11)14-3-6-26(25-14)7-4-19/h1-3,6,9-10H,7-8H2,(H3,21,22,23,24). The first kappa shape index (κ1) is 17.6. The van der Waals surface area contributed by atoms with Gasteiger partial charge in [-0.05, 0) is 24.3 Å². The van der Waals surface area contributed by atoms with Crippen molar-refractivity contribution in [2.24, 2.45) is 0 Å². The summed E-state index contributed by atoms with van der Waals surface area (Å²) in [5.41, 5.74) is 7.09. The van der Waals surface area contributed by atoms with Crippen LogP contribution in [0.15, 0.2) is 36.7 Å². The van der Waals surface area contributed by atoms with Crippen LogP contribution >= 0.6 is 0 Å². The summed E-state index contributed by atoms with van der Waals surface area (Å²) in [4.78, 5) is 7.40. The van der Waals surface area contributed by atoms with Crippen LogP contribution in [-0.4, -0.2) is 26.4 Å². The van der Waals surface area contributed by atoms with Crippen LogP contribution in [0.25, 0.3) is 11.3 Å². The molecule has 9 nitrogen and oxygen atoms in total. The number of ether oxygens (including phenoxy) is 1. The number of hydrogen-bond donors (Lipinski definition) is 2. The molecule has 134 valence electrons. The fourth-order valence-electron chi connectivity index (χ4n) is 2.31. The van der Waals surface area contributed by atoms with Gasteiger partial charge in [-0.3, -0.25) is 4.68 Å². The SMILES string of the molecule is N#CCOc1ccc(Nc2nc(N)ncc2F)cc1-c1ccn(CC#N)n1. The van der Waals surface area contributed by atoms with E-state index in [1.54, 1.807) is 30.5 Å². The molecule has 0 spiro atoms. The van der Waals surface area contributed by atoms with Crippen LogP contribution < -0.4 is 15.8 Å². The zero-order chi connectivity index (χ0) is 19.2. The average Bonchev–Trinajstić information content (AvgIpc) is 3.12. The average molecular weight is 364 g/mol. The number of nitrogens with one attached hydrogen (secondary N) is 1. The Balaban J connectivity index is 1.98. The largest absolute Gasteiger partial charge is 0.478 e. The molecule has 0 bridgehead atoms. The molecular weight excluding hydrogens is 351 g/mol. The Bertz CT molecular complexity index is 1050. The summed E-state index contributed by atoms with van der Waals surface area (Å²) >= 11 is 0. The smallest absolute Gasteiger partial charge is 0.222 e. The molecule has 0 amide bonds. The van der Waals surface area contributed by atoms with Gasteiger partial charge in [-0.25, -0.2) is 9.37 Å². The molecule has 3 N–H and O–H groups in total. The summed E-state index contributed by atoms with van der Waals surface area (Å²) in [7, 11) is 0. The Morgan fingerprint density at radius 2 is 2.11 bits per heavy atom. The molecule has 0 aliphatic rings. The van der Waals surface area contributed by atoms with Crippen LogP contribution in [0.2, 0.25) is 0 Å². The van der Waals surface area contributed by atoms with E-state index in [0.29, 0.717) is 22.7 Å². The van der Waals surface area contributed by atoms with Gasteiger partial charge >= 0.3 is 0 Å². The molecule has 10 heteroatoms. The van der Waals surface area contributed by atoms with Crippen LogP contribution in [-0.2, 0) is 6.54 Å². The highest BCUT2D eigenvalue weighted by Gasteiger charge is 2.13. The Morgan fingerprint density at radius 1 is 1.26 bits per heavy atom. The summed E-state index contributed by atoms with van der Waals surface area (Å²) in [5, 5.41) is 24.7. The van der Waals surface area contributed by atoms with Gasteiger partial charge < -0.3 is 15.8 Å². The molecule has 0 atom stereocenters. The van der Waals surface area contributed by atoms with Gasteiger partial charge in [-0.1, -0.05) is 0 Å². The van der Waals surface area contributed by atoms with Gasteiger partial charge in [0.1, 0.15) is 18.4 Å². The molecule has 0 fully saturated rings. The van der Waals surface area contributed by atoms with E-state index < -0.39 is 5.82 Å². The predicted molar refractivity (Wildman–Crippen MR) is 94.1 cm³/mol. The quantitative estimate of drug-likeness (QED) is 0.679. The van der Waals surface area contributed by atoms with E-state index in [1.165, 1.54) is 4.68 Å². The van der Waals surface area contributed by atoms with Gasteiger partial charge in [0.15, 0.2) is 18.2 Å². The molecule has 0 saturated heterocycles. The van der Waals surface area contributed by atoms with Gasteiger partial charge in [0.25, 0.3) is 0 Å². The van der Waals surface area contributed by atoms with Crippen molar-refractivity contribution in [2.75, 3.05) is 17.7 Å². The number of benzene rings is 1. The topological polar surface area (TPSA) is 138 Å². The summed E-state index contributed by atoms with van der Waals surface area (Å²) in [6.45, 7) is -0.0481. The lowest BCUT2D eigenvalue weighted by atomic mass is 10.1. The molecule has 3 aromatic rings. The van der Waals surface area contributed by atoms with E-state index in [9.17, 15) is 4.39 Å². The lowest BCUT2D eigenvalue weighted by Crippen LogP contribution is -2.03. The fraction of sp³-hybridized carbons (Fsp3) is 0.118. The second-order valence-electron chi connectivity index (χ2n) is 5.26. The minimum Gasteiger partial charge on any atom is -0.478 e. The maximum Gasteiger partial charge on any atom is 0.222 e. The highest BCUT2D eigenvalue weighted by atomic mass is 19.1. The Hall–Kier alpha value is -4.18. The molecular formula is C17H13FN8O. The second kappa shape index (κ2) is 7.80. The molecule has 0 radical (unpaired) electrons. The van der Waals surface area contributed by atoms with Crippen LogP contribution in [0.1, 0.15) is 0 Å². The van der Waals surface area contributed by atoms with E-state index in [2.05, 4.69) is 20.4 Å². The normalized spacial score (nSPS) is 10.0. The summed E-state index contributed by atoms with van der Waals surface area (Å²) in [5.74, 6) is -0.377. The molecule has 1 aromatic carbocycles. The third-order valence-electron chi connectivity index (χ3n) is 3.45. The minimum atomic E-state index is -0.658. The molecule has 0 aliphatic heterocycles. The number of nitriles is 2. The van der Waals surface area contributed by atoms with Gasteiger partial charge in [0, 0.05) is 17.4 Å². The van der Waals surface area contributed by atoms with E-state index in [-0.39, 0.29) is 24.9 Å². The van der Waals surface area contributed by atoms with Crippen molar-refractivity contribution in [3.63, 3.8) is 0 Å². The van der Waals surface area contributed by atoms with Crippen molar-refractivity contribution in [1.82, 2.24) is 19.7 Å². The van der Waals surface area contributed by atoms with Crippen LogP contribution in [0.5, 0.6) is 5.75 Å². The number of hydrogen-bond acceptors (Lipinski definition) is 8. The third kappa shape index (κ3) is 4.08. The molecule has 2 aromatic heterocycles. The number of nitrogens with two attached hydrogens (primary N) is 1. The lowest BCUT2D eigenvalue weighted by molar-refractivity contribution is 0.369. The Labute approximate surface area is 153 Å². The van der Waals surface area contributed by atoms with Crippen molar-refractivity contribution in [1.29, 1.82) is 10.5 Å². The number of aromatic nitrogens is 4. The second-order valence-corrected chi connectivity index (χ2v) is 5.26. The summed E-state index contributed by atoms with van der Waals surface area (Å²) in [6.07, 6.45) is 2.62. The van der Waals surface area contributed by atoms with Gasteiger partial charge in [0.2, 0.25) is 5.95 Å².